The molecule has 112 valence electrons. The lowest BCUT2D eigenvalue weighted by molar-refractivity contribution is 0.634. The summed E-state index contributed by atoms with van der Waals surface area (Å²) in [5.41, 5.74) is 4.96. The fourth-order valence-corrected chi connectivity index (χ4v) is 2.74. The van der Waals surface area contributed by atoms with E-state index in [1.165, 1.54) is 16.8 Å². The van der Waals surface area contributed by atoms with E-state index in [0.29, 0.717) is 5.92 Å². The third-order valence-electron chi connectivity index (χ3n) is 3.99. The van der Waals surface area contributed by atoms with Crippen LogP contribution >= 0.6 is 0 Å². The van der Waals surface area contributed by atoms with Crippen LogP contribution in [-0.4, -0.2) is 9.78 Å². The SMILES string of the molecule is CC/C=C/c1ccc(-n2ccc(C)n2)c(C(CC)CC)c1. The second-order valence-corrected chi connectivity index (χ2v) is 5.54. The molecule has 0 aliphatic carbocycles. The van der Waals surface area contributed by atoms with Crippen LogP contribution in [-0.2, 0) is 0 Å². The second-order valence-electron chi connectivity index (χ2n) is 5.54. The number of rotatable bonds is 6. The van der Waals surface area contributed by atoms with Crippen LogP contribution in [0.15, 0.2) is 36.5 Å². The Kier molecular flexibility index (Phi) is 5.38. The van der Waals surface area contributed by atoms with E-state index in [1.54, 1.807) is 0 Å². The molecule has 0 N–H and O–H groups in total. The van der Waals surface area contributed by atoms with Gasteiger partial charge in [0.2, 0.25) is 0 Å². The maximum Gasteiger partial charge on any atom is 0.0680 e. The lowest BCUT2D eigenvalue weighted by Gasteiger charge is -2.18. The highest BCUT2D eigenvalue weighted by Gasteiger charge is 2.14. The average molecular weight is 282 g/mol. The van der Waals surface area contributed by atoms with Crippen molar-refractivity contribution in [2.24, 2.45) is 0 Å². The van der Waals surface area contributed by atoms with Gasteiger partial charge in [0.1, 0.15) is 0 Å². The Morgan fingerprint density at radius 2 is 1.90 bits per heavy atom. The minimum atomic E-state index is 0.583. The molecule has 1 aromatic heterocycles. The van der Waals surface area contributed by atoms with Gasteiger partial charge in [0.15, 0.2) is 0 Å². The molecule has 0 unspecified atom stereocenters. The molecule has 2 aromatic rings. The predicted molar refractivity (Wildman–Crippen MR) is 90.9 cm³/mol. The molecule has 0 saturated heterocycles. The van der Waals surface area contributed by atoms with Crippen LogP contribution in [0, 0.1) is 6.92 Å². The maximum atomic E-state index is 4.58. The first-order chi connectivity index (χ1) is 10.2. The Hall–Kier alpha value is -1.83. The van der Waals surface area contributed by atoms with Crippen molar-refractivity contribution < 1.29 is 0 Å². The summed E-state index contributed by atoms with van der Waals surface area (Å²) < 4.78 is 2.01. The van der Waals surface area contributed by atoms with Gasteiger partial charge in [0, 0.05) is 6.20 Å². The quantitative estimate of drug-likeness (QED) is 0.683. The van der Waals surface area contributed by atoms with Gasteiger partial charge in [-0.25, -0.2) is 4.68 Å². The number of hydrogen-bond acceptors (Lipinski definition) is 1. The molecule has 2 heteroatoms. The van der Waals surface area contributed by atoms with Gasteiger partial charge in [0.25, 0.3) is 0 Å². The molecule has 0 aliphatic rings. The molecular formula is C19H26N2. The zero-order chi connectivity index (χ0) is 15.2. The molecule has 1 aromatic carbocycles. The van der Waals surface area contributed by atoms with Crippen LogP contribution < -0.4 is 0 Å². The summed E-state index contributed by atoms with van der Waals surface area (Å²) in [5, 5.41) is 4.58. The molecule has 1 heterocycles. The highest BCUT2D eigenvalue weighted by Crippen LogP contribution is 2.30. The number of aryl methyl sites for hydroxylation is 1. The standard InChI is InChI=1S/C19H26N2/c1-5-8-9-16-10-11-19(21-13-12-15(4)20-21)18(14-16)17(6-2)7-3/h8-14,17H,5-7H2,1-4H3/b9-8+. The molecule has 0 spiro atoms. The summed E-state index contributed by atoms with van der Waals surface area (Å²) >= 11 is 0. The molecule has 0 fully saturated rings. The van der Waals surface area contributed by atoms with E-state index in [0.717, 1.165) is 25.0 Å². The molecule has 0 aliphatic heterocycles. The van der Waals surface area contributed by atoms with Crippen LogP contribution in [0.3, 0.4) is 0 Å². The summed E-state index contributed by atoms with van der Waals surface area (Å²) in [7, 11) is 0. The van der Waals surface area contributed by atoms with Gasteiger partial charge in [-0.3, -0.25) is 0 Å². The van der Waals surface area contributed by atoms with Crippen molar-refractivity contribution in [1.82, 2.24) is 9.78 Å². The van der Waals surface area contributed by atoms with Crippen molar-refractivity contribution in [1.29, 1.82) is 0 Å². The van der Waals surface area contributed by atoms with E-state index in [-0.39, 0.29) is 0 Å². The summed E-state index contributed by atoms with van der Waals surface area (Å²) in [5.74, 6) is 0.583. The van der Waals surface area contributed by atoms with Gasteiger partial charge in [-0.15, -0.1) is 0 Å². The topological polar surface area (TPSA) is 17.8 Å². The number of nitrogens with zero attached hydrogens (tertiary/aromatic N) is 2. The van der Waals surface area contributed by atoms with Crippen LogP contribution in [0.1, 0.15) is 62.8 Å². The molecule has 0 saturated carbocycles. The molecule has 0 radical (unpaired) electrons. The number of hydrogen-bond donors (Lipinski definition) is 0. The van der Waals surface area contributed by atoms with E-state index in [9.17, 15) is 0 Å². The van der Waals surface area contributed by atoms with Gasteiger partial charge in [0.05, 0.1) is 11.4 Å². The first-order valence-corrected chi connectivity index (χ1v) is 8.02. The van der Waals surface area contributed by atoms with Crippen LogP contribution in [0.25, 0.3) is 11.8 Å². The molecule has 0 amide bonds. The molecule has 2 rings (SSSR count). The smallest absolute Gasteiger partial charge is 0.0680 e. The fourth-order valence-electron chi connectivity index (χ4n) is 2.74. The van der Waals surface area contributed by atoms with E-state index >= 15 is 0 Å². The number of aromatic nitrogens is 2. The van der Waals surface area contributed by atoms with E-state index in [4.69, 9.17) is 0 Å². The van der Waals surface area contributed by atoms with Crippen LogP contribution in [0.4, 0.5) is 0 Å². The fraction of sp³-hybridized carbons (Fsp3) is 0.421. The zero-order valence-electron chi connectivity index (χ0n) is 13.6. The van der Waals surface area contributed by atoms with Gasteiger partial charge in [-0.1, -0.05) is 39.0 Å². The number of allylic oxidation sites excluding steroid dienone is 1. The van der Waals surface area contributed by atoms with Crippen molar-refractivity contribution in [3.05, 3.63) is 53.4 Å². The minimum Gasteiger partial charge on any atom is -0.240 e. The van der Waals surface area contributed by atoms with Crippen LogP contribution in [0.5, 0.6) is 0 Å². The van der Waals surface area contributed by atoms with Crippen molar-refractivity contribution in [3.63, 3.8) is 0 Å². The lowest BCUT2D eigenvalue weighted by atomic mass is 9.91. The van der Waals surface area contributed by atoms with E-state index in [2.05, 4.69) is 68.5 Å². The van der Waals surface area contributed by atoms with E-state index < -0.39 is 0 Å². The summed E-state index contributed by atoms with van der Waals surface area (Å²) in [4.78, 5) is 0. The van der Waals surface area contributed by atoms with E-state index in [1.807, 2.05) is 11.6 Å². The minimum absolute atomic E-state index is 0.583. The second kappa shape index (κ2) is 7.26. The van der Waals surface area contributed by atoms with Crippen LogP contribution in [0.2, 0.25) is 0 Å². The Bertz CT molecular complexity index is 604. The molecule has 0 bridgehead atoms. The molecule has 21 heavy (non-hydrogen) atoms. The highest BCUT2D eigenvalue weighted by atomic mass is 15.3. The van der Waals surface area contributed by atoms with Crippen molar-refractivity contribution in [2.45, 2.75) is 52.9 Å². The highest BCUT2D eigenvalue weighted by molar-refractivity contribution is 5.56. The third-order valence-corrected chi connectivity index (χ3v) is 3.99. The predicted octanol–water partition coefficient (Wildman–Crippen LogP) is 5.51. The van der Waals surface area contributed by atoms with Gasteiger partial charge < -0.3 is 0 Å². The molecule has 0 atom stereocenters. The van der Waals surface area contributed by atoms with Gasteiger partial charge in [-0.05, 0) is 61.4 Å². The van der Waals surface area contributed by atoms with Crippen molar-refractivity contribution >= 4 is 6.08 Å². The largest absolute Gasteiger partial charge is 0.240 e. The monoisotopic (exact) mass is 282 g/mol. The van der Waals surface area contributed by atoms with Gasteiger partial charge >= 0.3 is 0 Å². The first-order valence-electron chi connectivity index (χ1n) is 8.02. The zero-order valence-corrected chi connectivity index (χ0v) is 13.6. The Morgan fingerprint density at radius 1 is 1.14 bits per heavy atom. The van der Waals surface area contributed by atoms with Gasteiger partial charge in [-0.2, -0.15) is 5.10 Å². The Labute approximate surface area is 128 Å². The average Bonchev–Trinajstić information content (AvgIpc) is 2.93. The summed E-state index contributed by atoms with van der Waals surface area (Å²) in [6, 6.07) is 8.78. The molecular weight excluding hydrogens is 256 g/mol. The Balaban J connectivity index is 2.50. The first kappa shape index (κ1) is 15.6. The number of benzene rings is 1. The maximum absolute atomic E-state index is 4.58. The van der Waals surface area contributed by atoms with Crippen molar-refractivity contribution in [2.75, 3.05) is 0 Å². The Morgan fingerprint density at radius 3 is 2.48 bits per heavy atom. The summed E-state index contributed by atoms with van der Waals surface area (Å²) in [6.07, 6.45) is 9.86. The third kappa shape index (κ3) is 3.63. The van der Waals surface area contributed by atoms with Crippen molar-refractivity contribution in [3.8, 4) is 5.69 Å². The lowest BCUT2D eigenvalue weighted by Crippen LogP contribution is -2.05. The molecule has 2 nitrogen and oxygen atoms in total. The summed E-state index contributed by atoms with van der Waals surface area (Å²) in [6.45, 7) is 8.73. The normalized spacial score (nSPS) is 11.7.